The van der Waals surface area contributed by atoms with Crippen LogP contribution in [0.15, 0.2) is 18.2 Å². The molecule has 1 rings (SSSR count). The van der Waals surface area contributed by atoms with Crippen molar-refractivity contribution < 1.29 is 13.5 Å². The van der Waals surface area contributed by atoms with Gasteiger partial charge in [0.15, 0.2) is 0 Å². The van der Waals surface area contributed by atoms with E-state index in [0.29, 0.717) is 18.8 Å². The largest absolute Gasteiger partial charge is 0.380 e. The predicted octanol–water partition coefficient (Wildman–Crippen LogP) is 1.87. The van der Waals surface area contributed by atoms with Gasteiger partial charge in [-0.3, -0.25) is 0 Å². The molecule has 2 N–H and O–H groups in total. The molecule has 84 valence electrons. The minimum Gasteiger partial charge on any atom is -0.380 e. The van der Waals surface area contributed by atoms with E-state index in [1.165, 1.54) is 6.07 Å². The van der Waals surface area contributed by atoms with Crippen molar-refractivity contribution in [2.75, 3.05) is 13.2 Å². The van der Waals surface area contributed by atoms with Gasteiger partial charge in [-0.1, -0.05) is 0 Å². The van der Waals surface area contributed by atoms with Gasteiger partial charge in [0.05, 0.1) is 6.61 Å². The predicted molar refractivity (Wildman–Crippen MR) is 54.5 cm³/mol. The fourth-order valence-corrected chi connectivity index (χ4v) is 1.31. The second-order valence-corrected chi connectivity index (χ2v) is 3.36. The van der Waals surface area contributed by atoms with Gasteiger partial charge >= 0.3 is 0 Å². The summed E-state index contributed by atoms with van der Waals surface area (Å²) >= 11 is 0. The van der Waals surface area contributed by atoms with Crippen LogP contribution in [-0.2, 0) is 11.2 Å². The average Bonchev–Trinajstić information content (AvgIpc) is 2.20. The van der Waals surface area contributed by atoms with Crippen LogP contribution in [0.1, 0.15) is 12.5 Å². The number of halogens is 2. The van der Waals surface area contributed by atoms with Gasteiger partial charge < -0.3 is 10.5 Å². The second kappa shape index (κ2) is 5.78. The SMILES string of the molecule is CCOCC(N)Cc1cc(F)ccc1F. The van der Waals surface area contributed by atoms with Crippen molar-refractivity contribution in [3.05, 3.63) is 35.4 Å². The highest BCUT2D eigenvalue weighted by Gasteiger charge is 2.09. The summed E-state index contributed by atoms with van der Waals surface area (Å²) in [4.78, 5) is 0. The van der Waals surface area contributed by atoms with Crippen LogP contribution >= 0.6 is 0 Å². The van der Waals surface area contributed by atoms with Gasteiger partial charge in [0.2, 0.25) is 0 Å². The van der Waals surface area contributed by atoms with Crippen LogP contribution in [0, 0.1) is 11.6 Å². The molecule has 4 heteroatoms. The van der Waals surface area contributed by atoms with Gasteiger partial charge in [0.25, 0.3) is 0 Å². The summed E-state index contributed by atoms with van der Waals surface area (Å²) in [7, 11) is 0. The highest BCUT2D eigenvalue weighted by Crippen LogP contribution is 2.11. The van der Waals surface area contributed by atoms with Crippen molar-refractivity contribution in [2.45, 2.75) is 19.4 Å². The third-order valence-corrected chi connectivity index (χ3v) is 2.03. The van der Waals surface area contributed by atoms with Gasteiger partial charge in [-0.05, 0) is 37.1 Å². The molecule has 0 saturated carbocycles. The Labute approximate surface area is 88.0 Å². The first kappa shape index (κ1) is 12.1. The first-order valence-electron chi connectivity index (χ1n) is 4.90. The Balaban J connectivity index is 2.59. The third kappa shape index (κ3) is 3.93. The topological polar surface area (TPSA) is 35.2 Å². The molecule has 0 aliphatic carbocycles. The zero-order valence-corrected chi connectivity index (χ0v) is 8.67. The first-order chi connectivity index (χ1) is 7.13. The molecule has 0 bridgehead atoms. The van der Waals surface area contributed by atoms with Crippen LogP contribution in [0.3, 0.4) is 0 Å². The molecule has 0 aliphatic heterocycles. The van der Waals surface area contributed by atoms with Crippen LogP contribution in [0.2, 0.25) is 0 Å². The zero-order valence-electron chi connectivity index (χ0n) is 8.67. The summed E-state index contributed by atoms with van der Waals surface area (Å²) in [6.07, 6.45) is 0.281. The molecule has 0 saturated heterocycles. The Morgan fingerprint density at radius 2 is 2.13 bits per heavy atom. The third-order valence-electron chi connectivity index (χ3n) is 2.03. The lowest BCUT2D eigenvalue weighted by Gasteiger charge is -2.11. The quantitative estimate of drug-likeness (QED) is 0.813. The Kier molecular flexibility index (Phi) is 4.65. The number of rotatable bonds is 5. The van der Waals surface area contributed by atoms with E-state index >= 15 is 0 Å². The van der Waals surface area contributed by atoms with Gasteiger partial charge in [-0.25, -0.2) is 8.78 Å². The summed E-state index contributed by atoms with van der Waals surface area (Å²) in [5.41, 5.74) is 5.99. The van der Waals surface area contributed by atoms with Gasteiger partial charge in [-0.2, -0.15) is 0 Å². The second-order valence-electron chi connectivity index (χ2n) is 3.36. The monoisotopic (exact) mass is 215 g/mol. The van der Waals surface area contributed by atoms with Crippen molar-refractivity contribution in [3.63, 3.8) is 0 Å². The molecule has 0 aromatic heterocycles. The Morgan fingerprint density at radius 3 is 2.80 bits per heavy atom. The lowest BCUT2D eigenvalue weighted by molar-refractivity contribution is 0.133. The molecule has 1 unspecified atom stereocenters. The minimum atomic E-state index is -0.449. The van der Waals surface area contributed by atoms with Gasteiger partial charge in [0.1, 0.15) is 11.6 Å². The molecule has 0 amide bonds. The highest BCUT2D eigenvalue weighted by atomic mass is 19.1. The van der Waals surface area contributed by atoms with Crippen LogP contribution in [-0.4, -0.2) is 19.3 Å². The molecule has 1 aromatic carbocycles. The summed E-state index contributed by atoms with van der Waals surface area (Å²) in [5.74, 6) is -0.877. The van der Waals surface area contributed by atoms with E-state index in [4.69, 9.17) is 10.5 Å². The van der Waals surface area contributed by atoms with E-state index < -0.39 is 11.6 Å². The number of hydrogen-bond acceptors (Lipinski definition) is 2. The number of ether oxygens (including phenoxy) is 1. The maximum Gasteiger partial charge on any atom is 0.126 e. The molecule has 0 fully saturated rings. The van der Waals surface area contributed by atoms with Crippen LogP contribution in [0.5, 0.6) is 0 Å². The molecule has 0 spiro atoms. The number of hydrogen-bond donors (Lipinski definition) is 1. The molecule has 1 atom stereocenters. The summed E-state index contributed by atoms with van der Waals surface area (Å²) < 4.78 is 31.1. The van der Waals surface area contributed by atoms with Crippen LogP contribution < -0.4 is 5.73 Å². The van der Waals surface area contributed by atoms with E-state index in [1.54, 1.807) is 0 Å². The Bertz CT molecular complexity index is 317. The van der Waals surface area contributed by atoms with Crippen molar-refractivity contribution in [2.24, 2.45) is 5.73 Å². The summed E-state index contributed by atoms with van der Waals surface area (Å²) in [5, 5.41) is 0. The number of nitrogens with two attached hydrogens (primary N) is 1. The molecule has 0 radical (unpaired) electrons. The summed E-state index contributed by atoms with van der Waals surface area (Å²) in [6.45, 7) is 2.78. The van der Waals surface area contributed by atoms with Crippen molar-refractivity contribution in [1.29, 1.82) is 0 Å². The molecule has 0 aliphatic rings. The molecule has 15 heavy (non-hydrogen) atoms. The highest BCUT2D eigenvalue weighted by molar-refractivity contribution is 5.19. The van der Waals surface area contributed by atoms with E-state index in [-0.39, 0.29) is 12.5 Å². The van der Waals surface area contributed by atoms with E-state index in [0.717, 1.165) is 12.1 Å². The Hall–Kier alpha value is -1.00. The van der Waals surface area contributed by atoms with E-state index in [1.807, 2.05) is 6.92 Å². The molecule has 0 heterocycles. The average molecular weight is 215 g/mol. The zero-order chi connectivity index (χ0) is 11.3. The van der Waals surface area contributed by atoms with Gasteiger partial charge in [0, 0.05) is 12.6 Å². The number of benzene rings is 1. The fourth-order valence-electron chi connectivity index (χ4n) is 1.31. The van der Waals surface area contributed by atoms with Gasteiger partial charge in [-0.15, -0.1) is 0 Å². The van der Waals surface area contributed by atoms with E-state index in [2.05, 4.69) is 0 Å². The lowest BCUT2D eigenvalue weighted by atomic mass is 10.1. The van der Waals surface area contributed by atoms with Crippen LogP contribution in [0.25, 0.3) is 0 Å². The van der Waals surface area contributed by atoms with Crippen molar-refractivity contribution in [3.8, 4) is 0 Å². The molecular formula is C11H15F2NO. The van der Waals surface area contributed by atoms with Crippen molar-refractivity contribution in [1.82, 2.24) is 0 Å². The maximum atomic E-state index is 13.2. The summed E-state index contributed by atoms with van der Waals surface area (Å²) in [6, 6.07) is 3.06. The molecule has 2 nitrogen and oxygen atoms in total. The molecular weight excluding hydrogens is 200 g/mol. The first-order valence-corrected chi connectivity index (χ1v) is 4.90. The van der Waals surface area contributed by atoms with E-state index in [9.17, 15) is 8.78 Å². The minimum absolute atomic E-state index is 0.281. The fraction of sp³-hybridized carbons (Fsp3) is 0.455. The molecule has 1 aromatic rings. The van der Waals surface area contributed by atoms with Crippen molar-refractivity contribution >= 4 is 0 Å². The standard InChI is InChI=1S/C11H15F2NO/c1-2-15-7-10(14)6-8-5-9(12)3-4-11(8)13/h3-5,10H,2,6-7,14H2,1H3. The maximum absolute atomic E-state index is 13.2. The van der Waals surface area contributed by atoms with Crippen LogP contribution in [0.4, 0.5) is 8.78 Å². The smallest absolute Gasteiger partial charge is 0.126 e. The normalized spacial score (nSPS) is 12.8. The Morgan fingerprint density at radius 1 is 1.40 bits per heavy atom. The lowest BCUT2D eigenvalue weighted by Crippen LogP contribution is -2.29.